The number of hydrogen-bond acceptors (Lipinski definition) is 4. The van der Waals surface area contributed by atoms with E-state index in [-0.39, 0.29) is 24.0 Å². The maximum Gasteiger partial charge on any atom is 0.229 e. The van der Waals surface area contributed by atoms with Gasteiger partial charge >= 0.3 is 0 Å². The Morgan fingerprint density at radius 2 is 2.17 bits per heavy atom. The van der Waals surface area contributed by atoms with Gasteiger partial charge < -0.3 is 10.6 Å². The summed E-state index contributed by atoms with van der Waals surface area (Å²) in [4.78, 5) is 11.9. The molecule has 0 saturated carbocycles. The van der Waals surface area contributed by atoms with Crippen LogP contribution in [0.3, 0.4) is 0 Å². The minimum absolute atomic E-state index is 0. The topological polar surface area (TPSA) is 87.3 Å². The normalized spacial score (nSPS) is 17.4. The summed E-state index contributed by atoms with van der Waals surface area (Å²) in [5, 5.41) is 5.90. The lowest BCUT2D eigenvalue weighted by molar-refractivity contribution is -0.116. The van der Waals surface area contributed by atoms with Crippen LogP contribution in [0.25, 0.3) is 0 Å². The third kappa shape index (κ3) is 6.72. The molecule has 2 rings (SSSR count). The van der Waals surface area contributed by atoms with E-state index in [1.165, 1.54) is 12.1 Å². The number of rotatable bonds is 6. The average Bonchev–Trinajstić information content (AvgIpc) is 2.92. The number of halogens is 2. The van der Waals surface area contributed by atoms with Gasteiger partial charge in [-0.25, -0.2) is 12.8 Å². The van der Waals surface area contributed by atoms with Crippen molar-refractivity contribution in [1.29, 1.82) is 0 Å². The number of hydrogen-bond donors (Lipinski definition) is 3. The van der Waals surface area contributed by atoms with Gasteiger partial charge in [0.05, 0.1) is 11.9 Å². The zero-order valence-electron chi connectivity index (χ0n) is 12.8. The highest BCUT2D eigenvalue weighted by Gasteiger charge is 2.16. The van der Waals surface area contributed by atoms with E-state index in [2.05, 4.69) is 15.4 Å². The lowest BCUT2D eigenvalue weighted by Gasteiger charge is -2.11. The lowest BCUT2D eigenvalue weighted by atomic mass is 10.0. The van der Waals surface area contributed by atoms with Gasteiger partial charge in [-0.15, -0.1) is 12.4 Å². The molecule has 1 aromatic rings. The number of carbonyl (C=O) groups is 1. The van der Waals surface area contributed by atoms with Gasteiger partial charge in [0, 0.05) is 12.1 Å². The fourth-order valence-electron chi connectivity index (χ4n) is 2.40. The Bertz CT molecular complexity index is 649. The summed E-state index contributed by atoms with van der Waals surface area (Å²) in [7, 11) is -3.58. The van der Waals surface area contributed by atoms with Crippen molar-refractivity contribution in [3.8, 4) is 0 Å². The summed E-state index contributed by atoms with van der Waals surface area (Å²) >= 11 is 0. The van der Waals surface area contributed by atoms with E-state index in [1.54, 1.807) is 0 Å². The minimum atomic E-state index is -3.58. The monoisotopic (exact) mass is 365 g/mol. The molecule has 1 amide bonds. The average molecular weight is 366 g/mol. The predicted molar refractivity (Wildman–Crippen MR) is 91.0 cm³/mol. The molecule has 0 aromatic heterocycles. The van der Waals surface area contributed by atoms with E-state index in [0.717, 1.165) is 38.3 Å². The first-order valence-electron chi connectivity index (χ1n) is 7.11. The standard InChI is InChI=1S/C14H20FN3O3S.ClH/c1-22(20,21)18-13-8-11(3-4-12(13)15)17-14(19)5-2-10-6-7-16-9-10;/h3-4,8,10,16,18H,2,5-7,9H2,1H3,(H,17,19);1H. The Hall–Kier alpha value is -1.38. The van der Waals surface area contributed by atoms with Crippen molar-refractivity contribution >= 4 is 39.7 Å². The van der Waals surface area contributed by atoms with E-state index in [9.17, 15) is 17.6 Å². The number of nitrogens with one attached hydrogen (secondary N) is 3. The van der Waals surface area contributed by atoms with Gasteiger partial charge in [-0.2, -0.15) is 0 Å². The van der Waals surface area contributed by atoms with Gasteiger partial charge in [-0.1, -0.05) is 0 Å². The van der Waals surface area contributed by atoms with E-state index in [0.29, 0.717) is 18.0 Å². The molecule has 0 aliphatic carbocycles. The Balaban J connectivity index is 0.00000264. The Kier molecular flexibility index (Phi) is 7.24. The molecule has 1 fully saturated rings. The van der Waals surface area contributed by atoms with Crippen LogP contribution in [-0.4, -0.2) is 33.7 Å². The van der Waals surface area contributed by atoms with Crippen LogP contribution in [-0.2, 0) is 14.8 Å². The molecule has 1 atom stereocenters. The first kappa shape index (κ1) is 19.7. The summed E-state index contributed by atoms with van der Waals surface area (Å²) in [6.07, 6.45) is 3.20. The largest absolute Gasteiger partial charge is 0.326 e. The third-order valence-electron chi connectivity index (χ3n) is 3.49. The zero-order chi connectivity index (χ0) is 16.2. The molecule has 23 heavy (non-hydrogen) atoms. The van der Waals surface area contributed by atoms with Crippen molar-refractivity contribution in [2.75, 3.05) is 29.4 Å². The number of benzene rings is 1. The Morgan fingerprint density at radius 3 is 2.78 bits per heavy atom. The number of carbonyl (C=O) groups excluding carboxylic acids is 1. The molecule has 1 unspecified atom stereocenters. The molecule has 1 heterocycles. The summed E-state index contributed by atoms with van der Waals surface area (Å²) in [5.74, 6) is -0.342. The third-order valence-corrected chi connectivity index (χ3v) is 4.08. The van der Waals surface area contributed by atoms with Crippen LogP contribution in [0, 0.1) is 11.7 Å². The van der Waals surface area contributed by atoms with Crippen LogP contribution in [0.1, 0.15) is 19.3 Å². The van der Waals surface area contributed by atoms with Crippen LogP contribution in [0.15, 0.2) is 18.2 Å². The molecule has 0 bridgehead atoms. The molecule has 1 aliphatic heterocycles. The highest BCUT2D eigenvalue weighted by molar-refractivity contribution is 7.92. The summed E-state index contributed by atoms with van der Waals surface area (Å²) in [5.41, 5.74) is 0.183. The molecule has 130 valence electrons. The summed E-state index contributed by atoms with van der Waals surface area (Å²) in [6.45, 7) is 1.93. The zero-order valence-corrected chi connectivity index (χ0v) is 14.4. The SMILES string of the molecule is CS(=O)(=O)Nc1cc(NC(=O)CCC2CCNC2)ccc1F.Cl. The molecule has 6 nitrogen and oxygen atoms in total. The summed E-state index contributed by atoms with van der Waals surface area (Å²) in [6, 6.07) is 3.78. The lowest BCUT2D eigenvalue weighted by Crippen LogP contribution is -2.15. The maximum absolute atomic E-state index is 13.5. The van der Waals surface area contributed by atoms with Crippen LogP contribution >= 0.6 is 12.4 Å². The van der Waals surface area contributed by atoms with Gasteiger partial charge in [0.25, 0.3) is 0 Å². The molecule has 0 spiro atoms. The van der Waals surface area contributed by atoms with E-state index >= 15 is 0 Å². The quantitative estimate of drug-likeness (QED) is 0.719. The van der Waals surface area contributed by atoms with E-state index in [4.69, 9.17) is 0 Å². The van der Waals surface area contributed by atoms with Crippen LogP contribution in [0.4, 0.5) is 15.8 Å². The predicted octanol–water partition coefficient (Wildman–Crippen LogP) is 1.95. The second kappa shape index (κ2) is 8.47. The highest BCUT2D eigenvalue weighted by atomic mass is 35.5. The first-order chi connectivity index (χ1) is 10.3. The second-order valence-corrected chi connectivity index (χ2v) is 7.26. The number of sulfonamides is 1. The summed E-state index contributed by atoms with van der Waals surface area (Å²) < 4.78 is 38.0. The van der Waals surface area contributed by atoms with Gasteiger partial charge in [0.15, 0.2) is 0 Å². The highest BCUT2D eigenvalue weighted by Crippen LogP contribution is 2.21. The van der Waals surface area contributed by atoms with Gasteiger partial charge in [-0.05, 0) is 50.0 Å². The van der Waals surface area contributed by atoms with Crippen molar-refractivity contribution in [2.45, 2.75) is 19.3 Å². The van der Waals surface area contributed by atoms with E-state index in [1.807, 2.05) is 0 Å². The molecular formula is C14H21ClFN3O3S. The molecule has 1 aromatic carbocycles. The number of anilines is 2. The fourth-order valence-corrected chi connectivity index (χ4v) is 2.96. The van der Waals surface area contributed by atoms with Gasteiger partial charge in [0.2, 0.25) is 15.9 Å². The van der Waals surface area contributed by atoms with Gasteiger partial charge in [0.1, 0.15) is 5.82 Å². The molecular weight excluding hydrogens is 345 g/mol. The maximum atomic E-state index is 13.5. The van der Waals surface area contributed by atoms with Crippen molar-refractivity contribution in [3.63, 3.8) is 0 Å². The Morgan fingerprint density at radius 1 is 1.43 bits per heavy atom. The fraction of sp³-hybridized carbons (Fsp3) is 0.500. The molecule has 0 radical (unpaired) electrons. The van der Waals surface area contributed by atoms with E-state index < -0.39 is 15.8 Å². The van der Waals surface area contributed by atoms with Crippen molar-refractivity contribution in [3.05, 3.63) is 24.0 Å². The van der Waals surface area contributed by atoms with Gasteiger partial charge in [-0.3, -0.25) is 9.52 Å². The van der Waals surface area contributed by atoms with Crippen LogP contribution < -0.4 is 15.4 Å². The van der Waals surface area contributed by atoms with Crippen molar-refractivity contribution in [1.82, 2.24) is 5.32 Å². The van der Waals surface area contributed by atoms with Crippen LogP contribution in [0.5, 0.6) is 0 Å². The van der Waals surface area contributed by atoms with Crippen molar-refractivity contribution in [2.24, 2.45) is 5.92 Å². The first-order valence-corrected chi connectivity index (χ1v) is 9.00. The molecule has 9 heteroatoms. The van der Waals surface area contributed by atoms with Crippen LogP contribution in [0.2, 0.25) is 0 Å². The minimum Gasteiger partial charge on any atom is -0.326 e. The number of amides is 1. The smallest absolute Gasteiger partial charge is 0.229 e. The molecule has 3 N–H and O–H groups in total. The van der Waals surface area contributed by atoms with Crippen molar-refractivity contribution < 1.29 is 17.6 Å². The Labute approximate surface area is 141 Å². The molecule has 1 saturated heterocycles. The molecule has 1 aliphatic rings. The second-order valence-electron chi connectivity index (χ2n) is 5.51.